The average molecular weight is 458 g/mol. The fourth-order valence-electron chi connectivity index (χ4n) is 3.68. The van der Waals surface area contributed by atoms with Crippen molar-refractivity contribution in [3.8, 4) is 5.75 Å². The molecule has 0 aliphatic rings. The monoisotopic (exact) mass is 457 g/mol. The maximum absolute atomic E-state index is 13.0. The summed E-state index contributed by atoms with van der Waals surface area (Å²) in [6.45, 7) is 3.30. The van der Waals surface area contributed by atoms with E-state index in [2.05, 4.69) is 10.3 Å². The lowest BCUT2D eigenvalue weighted by atomic mass is 9.98. The molecule has 2 heterocycles. The van der Waals surface area contributed by atoms with Gasteiger partial charge >= 0.3 is 0 Å². The van der Waals surface area contributed by atoms with Crippen LogP contribution >= 0.6 is 11.3 Å². The second-order valence-electron chi connectivity index (χ2n) is 7.49. The zero-order valence-electron chi connectivity index (χ0n) is 18.5. The number of amides is 1. The van der Waals surface area contributed by atoms with Gasteiger partial charge in [-0.25, -0.2) is 4.98 Å². The van der Waals surface area contributed by atoms with Crippen molar-refractivity contribution < 1.29 is 14.3 Å². The highest BCUT2D eigenvalue weighted by Crippen LogP contribution is 2.38. The first-order valence-corrected chi connectivity index (χ1v) is 11.1. The lowest BCUT2D eigenvalue weighted by Gasteiger charge is -2.09. The second-order valence-corrected chi connectivity index (χ2v) is 8.49. The number of aromatic nitrogens is 1. The van der Waals surface area contributed by atoms with E-state index in [4.69, 9.17) is 10.5 Å². The van der Waals surface area contributed by atoms with Crippen LogP contribution in [0.1, 0.15) is 43.8 Å². The van der Waals surface area contributed by atoms with Gasteiger partial charge in [-0.3, -0.25) is 9.59 Å². The highest BCUT2D eigenvalue weighted by atomic mass is 32.1. The van der Waals surface area contributed by atoms with Gasteiger partial charge in [-0.05, 0) is 49.2 Å². The van der Waals surface area contributed by atoms with Crippen LogP contribution in [0.3, 0.4) is 0 Å². The molecule has 4 aromatic rings. The number of anilines is 2. The van der Waals surface area contributed by atoms with Crippen LogP contribution in [0.25, 0.3) is 22.4 Å². The van der Waals surface area contributed by atoms with Crippen molar-refractivity contribution in [2.24, 2.45) is 0 Å². The number of nitrogens with two attached hydrogens (primary N) is 1. The largest absolute Gasteiger partial charge is 0.497 e. The van der Waals surface area contributed by atoms with Gasteiger partial charge in [-0.15, -0.1) is 11.3 Å². The van der Waals surface area contributed by atoms with Crippen LogP contribution in [0.5, 0.6) is 5.75 Å². The molecule has 3 N–H and O–H groups in total. The van der Waals surface area contributed by atoms with E-state index in [1.54, 1.807) is 38.3 Å². The van der Waals surface area contributed by atoms with Crippen LogP contribution in [0.2, 0.25) is 0 Å². The van der Waals surface area contributed by atoms with E-state index in [0.717, 1.165) is 5.56 Å². The van der Waals surface area contributed by atoms with Gasteiger partial charge in [-0.2, -0.15) is 0 Å². The van der Waals surface area contributed by atoms with Crippen molar-refractivity contribution in [1.82, 2.24) is 4.98 Å². The molecule has 4 rings (SSSR count). The van der Waals surface area contributed by atoms with Crippen molar-refractivity contribution in [3.05, 3.63) is 81.9 Å². The number of benzene rings is 2. The summed E-state index contributed by atoms with van der Waals surface area (Å²) in [5.74, 6) is 0.255. The fourth-order valence-corrected chi connectivity index (χ4v) is 4.74. The maximum atomic E-state index is 13.0. The van der Waals surface area contributed by atoms with Crippen molar-refractivity contribution in [3.63, 3.8) is 0 Å². The summed E-state index contributed by atoms with van der Waals surface area (Å²) in [6, 6.07) is 16.8. The molecule has 0 radical (unpaired) electrons. The van der Waals surface area contributed by atoms with Crippen LogP contribution in [0.15, 0.2) is 54.6 Å². The standard InChI is InChI=1S/C26H23N3O3S/c1-15-21(16(2)30)20(14-9-17-7-5-4-6-8-17)22-23(27)24(33-26(22)28-15)25(31)29-18-10-12-19(32-3)13-11-18/h4-14H,27H2,1-3H3,(H,29,31)/b14-9+. The Morgan fingerprint density at radius 1 is 1.06 bits per heavy atom. The number of nitrogens with one attached hydrogen (secondary N) is 1. The number of nitrogen functional groups attached to an aromatic ring is 1. The Hall–Kier alpha value is -3.97. The Balaban J connectivity index is 1.80. The molecule has 1 amide bonds. The molecule has 0 saturated carbocycles. The van der Waals surface area contributed by atoms with Crippen molar-refractivity contribution in [2.75, 3.05) is 18.2 Å². The molecule has 0 atom stereocenters. The summed E-state index contributed by atoms with van der Waals surface area (Å²) < 4.78 is 5.15. The van der Waals surface area contributed by atoms with Crippen LogP contribution < -0.4 is 15.8 Å². The van der Waals surface area contributed by atoms with Crippen molar-refractivity contribution >= 4 is 56.8 Å². The number of carbonyl (C=O) groups is 2. The van der Waals surface area contributed by atoms with Crippen LogP contribution in [-0.2, 0) is 0 Å². The maximum Gasteiger partial charge on any atom is 0.267 e. The van der Waals surface area contributed by atoms with E-state index < -0.39 is 0 Å². The molecular formula is C26H23N3O3S. The van der Waals surface area contributed by atoms with Gasteiger partial charge in [0.05, 0.1) is 18.5 Å². The summed E-state index contributed by atoms with van der Waals surface area (Å²) in [5, 5.41) is 3.48. The Kier molecular flexibility index (Phi) is 6.24. The van der Waals surface area contributed by atoms with E-state index >= 15 is 0 Å². The lowest BCUT2D eigenvalue weighted by Crippen LogP contribution is -2.12. The zero-order valence-corrected chi connectivity index (χ0v) is 19.3. The topological polar surface area (TPSA) is 94.3 Å². The molecule has 33 heavy (non-hydrogen) atoms. The van der Waals surface area contributed by atoms with Gasteiger partial charge in [0.25, 0.3) is 5.91 Å². The molecule has 0 saturated heterocycles. The zero-order chi connectivity index (χ0) is 23.5. The molecule has 166 valence electrons. The number of rotatable bonds is 6. The van der Waals surface area contributed by atoms with Crippen molar-refractivity contribution in [1.29, 1.82) is 0 Å². The molecule has 0 spiro atoms. The molecule has 0 aliphatic heterocycles. The summed E-state index contributed by atoms with van der Waals surface area (Å²) in [6.07, 6.45) is 3.80. The van der Waals surface area contributed by atoms with Crippen LogP contribution in [0, 0.1) is 6.92 Å². The SMILES string of the molecule is COc1ccc(NC(=O)c2sc3nc(C)c(C(C)=O)c(/C=C/c4ccccc4)c3c2N)cc1. The number of pyridine rings is 1. The molecule has 0 bridgehead atoms. The third-order valence-corrected chi connectivity index (χ3v) is 6.34. The number of ether oxygens (including phenoxy) is 1. The minimum absolute atomic E-state index is 0.107. The number of nitrogens with zero attached hydrogens (tertiary/aromatic N) is 1. The molecule has 6 nitrogen and oxygen atoms in total. The van der Waals surface area contributed by atoms with Gasteiger partial charge in [0.15, 0.2) is 5.78 Å². The number of fused-ring (bicyclic) bond motifs is 1. The quantitative estimate of drug-likeness (QED) is 0.356. The van der Waals surface area contributed by atoms with Gasteiger partial charge in [0, 0.05) is 16.6 Å². The number of hydrogen-bond donors (Lipinski definition) is 2. The third-order valence-electron chi connectivity index (χ3n) is 5.24. The Morgan fingerprint density at radius 2 is 1.76 bits per heavy atom. The highest BCUT2D eigenvalue weighted by Gasteiger charge is 2.23. The predicted molar refractivity (Wildman–Crippen MR) is 135 cm³/mol. The first kappa shape index (κ1) is 22.2. The number of Topliss-reactive ketones (excluding diaryl/α,β-unsaturated/α-hetero) is 1. The fraction of sp³-hybridized carbons (Fsp3) is 0.115. The summed E-state index contributed by atoms with van der Waals surface area (Å²) >= 11 is 1.21. The number of thiophene rings is 1. The number of hydrogen-bond acceptors (Lipinski definition) is 6. The van der Waals surface area contributed by atoms with E-state index in [9.17, 15) is 9.59 Å². The summed E-state index contributed by atoms with van der Waals surface area (Å²) in [5.41, 5.74) is 10.2. The first-order valence-electron chi connectivity index (χ1n) is 10.3. The van der Waals surface area contributed by atoms with Gasteiger partial charge in [0.2, 0.25) is 0 Å². The average Bonchev–Trinajstić information content (AvgIpc) is 3.14. The molecule has 2 aromatic heterocycles. The number of ketones is 1. The number of carbonyl (C=O) groups excluding carboxylic acids is 2. The predicted octanol–water partition coefficient (Wildman–Crippen LogP) is 5.82. The summed E-state index contributed by atoms with van der Waals surface area (Å²) in [7, 11) is 1.58. The third kappa shape index (κ3) is 4.49. The molecule has 7 heteroatoms. The van der Waals surface area contributed by atoms with Gasteiger partial charge < -0.3 is 15.8 Å². The first-order chi connectivity index (χ1) is 15.9. The number of aryl methyl sites for hydroxylation is 1. The second kappa shape index (κ2) is 9.26. The Morgan fingerprint density at radius 3 is 2.39 bits per heavy atom. The minimum Gasteiger partial charge on any atom is -0.497 e. The van der Waals surface area contributed by atoms with E-state index in [1.807, 2.05) is 42.5 Å². The van der Waals surface area contributed by atoms with Gasteiger partial charge in [0.1, 0.15) is 15.5 Å². The molecule has 0 unspecified atom stereocenters. The summed E-state index contributed by atoms with van der Waals surface area (Å²) in [4.78, 5) is 31.1. The lowest BCUT2D eigenvalue weighted by molar-refractivity contribution is 0.101. The van der Waals surface area contributed by atoms with Gasteiger partial charge in [-0.1, -0.05) is 42.5 Å². The smallest absolute Gasteiger partial charge is 0.267 e. The molecule has 0 fully saturated rings. The molecule has 2 aromatic carbocycles. The van der Waals surface area contributed by atoms with E-state index in [-0.39, 0.29) is 11.7 Å². The molecular weight excluding hydrogens is 434 g/mol. The van der Waals surface area contributed by atoms with Crippen LogP contribution in [-0.4, -0.2) is 23.8 Å². The minimum atomic E-state index is -0.333. The Bertz CT molecular complexity index is 1370. The normalized spacial score (nSPS) is 11.1. The highest BCUT2D eigenvalue weighted by molar-refractivity contribution is 7.21. The van der Waals surface area contributed by atoms with E-state index in [0.29, 0.717) is 49.0 Å². The van der Waals surface area contributed by atoms with E-state index in [1.165, 1.54) is 18.3 Å². The molecule has 0 aliphatic carbocycles. The van der Waals surface area contributed by atoms with Crippen molar-refractivity contribution in [2.45, 2.75) is 13.8 Å². The number of methoxy groups -OCH3 is 1. The van der Waals surface area contributed by atoms with Crippen LogP contribution in [0.4, 0.5) is 11.4 Å². The Labute approximate surface area is 195 Å².